The molecule has 0 aromatic rings. The molecule has 2 aliphatic heterocycles. The second-order valence-corrected chi connectivity index (χ2v) is 9.81. The molecule has 0 aromatic heterocycles. The van der Waals surface area contributed by atoms with Gasteiger partial charge in [0.15, 0.2) is 0 Å². The van der Waals surface area contributed by atoms with Crippen LogP contribution in [0.3, 0.4) is 0 Å². The van der Waals surface area contributed by atoms with Crippen molar-refractivity contribution in [2.75, 3.05) is 119 Å². The van der Waals surface area contributed by atoms with Gasteiger partial charge < -0.3 is 43.8 Å². The van der Waals surface area contributed by atoms with Crippen LogP contribution in [0.1, 0.15) is 12.8 Å². The molecule has 2 aliphatic rings. The average molecular weight is 671 g/mol. The molecular weight excluding hydrogens is 624 g/mol. The van der Waals surface area contributed by atoms with Gasteiger partial charge in [-0.2, -0.15) is 0 Å². The standard InChI is InChI=1S/C30H46N4O13/c35-25(5-9-33-27(37)1-2-28(33)38)31-7-11-41-13-15-43-17-19-45-21-23-47-24-22-46-20-18-44-16-14-42-12-8-32-26(36)6-10-34-29(39)3-4-30(34)40/h1-4H,5-24H2,(H,31,35)(H,32,36). The van der Waals surface area contributed by atoms with Gasteiger partial charge in [-0.25, -0.2) is 0 Å². The summed E-state index contributed by atoms with van der Waals surface area (Å²) in [5.74, 6) is -2.15. The van der Waals surface area contributed by atoms with Gasteiger partial charge in [-0.1, -0.05) is 0 Å². The van der Waals surface area contributed by atoms with Crippen LogP contribution in [-0.2, 0) is 61.9 Å². The first-order valence-electron chi connectivity index (χ1n) is 15.5. The first kappa shape index (κ1) is 39.6. The highest BCUT2D eigenvalue weighted by atomic mass is 16.6. The summed E-state index contributed by atoms with van der Waals surface area (Å²) < 4.78 is 37.9. The van der Waals surface area contributed by atoms with Crippen molar-refractivity contribution < 1.29 is 61.9 Å². The van der Waals surface area contributed by atoms with E-state index in [1.807, 2.05) is 0 Å². The minimum atomic E-state index is -0.405. The minimum Gasteiger partial charge on any atom is -0.377 e. The van der Waals surface area contributed by atoms with E-state index in [9.17, 15) is 28.8 Å². The second kappa shape index (κ2) is 25.5. The molecule has 0 unspecified atom stereocenters. The number of hydrogen-bond donors (Lipinski definition) is 2. The van der Waals surface area contributed by atoms with Gasteiger partial charge >= 0.3 is 0 Å². The molecule has 6 amide bonds. The Bertz CT molecular complexity index is 937. The molecular formula is C30H46N4O13. The number of imide groups is 2. The van der Waals surface area contributed by atoms with Gasteiger partial charge in [0.25, 0.3) is 23.6 Å². The molecule has 17 heteroatoms. The van der Waals surface area contributed by atoms with Crippen LogP contribution in [0.25, 0.3) is 0 Å². The van der Waals surface area contributed by atoms with Crippen LogP contribution in [0.15, 0.2) is 24.3 Å². The Labute approximate surface area is 273 Å². The van der Waals surface area contributed by atoms with E-state index in [2.05, 4.69) is 10.6 Å². The molecule has 264 valence electrons. The summed E-state index contributed by atoms with van der Waals surface area (Å²) in [5.41, 5.74) is 0. The van der Waals surface area contributed by atoms with Gasteiger partial charge in [-0.15, -0.1) is 0 Å². The smallest absolute Gasteiger partial charge is 0.253 e. The van der Waals surface area contributed by atoms with Crippen molar-refractivity contribution in [2.45, 2.75) is 12.8 Å². The Kier molecular flexibility index (Phi) is 21.5. The van der Waals surface area contributed by atoms with Crippen LogP contribution < -0.4 is 10.6 Å². The van der Waals surface area contributed by atoms with E-state index in [1.165, 1.54) is 24.3 Å². The highest BCUT2D eigenvalue weighted by molar-refractivity contribution is 6.13. The normalized spacial score (nSPS) is 14.2. The van der Waals surface area contributed by atoms with Gasteiger partial charge in [-0.3, -0.25) is 38.6 Å². The van der Waals surface area contributed by atoms with Crippen molar-refractivity contribution in [3.8, 4) is 0 Å². The lowest BCUT2D eigenvalue weighted by atomic mass is 10.3. The number of hydrogen-bond acceptors (Lipinski definition) is 13. The first-order valence-corrected chi connectivity index (χ1v) is 15.5. The van der Waals surface area contributed by atoms with Gasteiger partial charge in [0.1, 0.15) is 0 Å². The zero-order valence-corrected chi connectivity index (χ0v) is 26.7. The quantitative estimate of drug-likeness (QED) is 0.0627. The van der Waals surface area contributed by atoms with Crippen molar-refractivity contribution in [1.29, 1.82) is 0 Å². The largest absolute Gasteiger partial charge is 0.377 e. The Morgan fingerprint density at radius 2 is 0.660 bits per heavy atom. The maximum atomic E-state index is 11.8. The SMILES string of the molecule is O=C(CCN1C(=O)C=CC1=O)NCCOCCOCCOCCOCCOCCOCCOCCNC(=O)CCN1C(=O)C=CC1=O. The molecule has 0 spiro atoms. The molecule has 0 saturated carbocycles. The van der Waals surface area contributed by atoms with E-state index in [-0.39, 0.29) is 37.7 Å². The Morgan fingerprint density at radius 3 is 0.915 bits per heavy atom. The molecule has 0 aromatic carbocycles. The maximum absolute atomic E-state index is 11.8. The Hall–Kier alpha value is -3.58. The number of nitrogens with one attached hydrogen (secondary N) is 2. The van der Waals surface area contributed by atoms with E-state index < -0.39 is 23.6 Å². The minimum absolute atomic E-state index is 0.0425. The number of amides is 6. The molecule has 0 saturated heterocycles. The van der Waals surface area contributed by atoms with E-state index in [0.717, 1.165) is 9.80 Å². The fraction of sp³-hybridized carbons (Fsp3) is 0.667. The molecule has 2 N–H and O–H groups in total. The van der Waals surface area contributed by atoms with Crippen LogP contribution in [0, 0.1) is 0 Å². The highest BCUT2D eigenvalue weighted by Crippen LogP contribution is 2.05. The van der Waals surface area contributed by atoms with Crippen LogP contribution in [-0.4, -0.2) is 164 Å². The molecule has 2 rings (SSSR count). The van der Waals surface area contributed by atoms with Crippen molar-refractivity contribution >= 4 is 35.4 Å². The number of carbonyl (C=O) groups excluding carboxylic acids is 6. The third kappa shape index (κ3) is 19.0. The molecule has 2 heterocycles. The second-order valence-electron chi connectivity index (χ2n) is 9.81. The highest BCUT2D eigenvalue weighted by Gasteiger charge is 2.24. The topological polar surface area (TPSA) is 198 Å². The number of carbonyl (C=O) groups is 6. The van der Waals surface area contributed by atoms with Crippen molar-refractivity contribution in [2.24, 2.45) is 0 Å². The predicted octanol–water partition coefficient (Wildman–Crippen LogP) is -2.03. The van der Waals surface area contributed by atoms with E-state index in [4.69, 9.17) is 33.2 Å². The molecule has 0 aliphatic carbocycles. The van der Waals surface area contributed by atoms with Crippen molar-refractivity contribution in [3.63, 3.8) is 0 Å². The van der Waals surface area contributed by atoms with E-state index in [1.54, 1.807) is 0 Å². The summed E-state index contributed by atoms with van der Waals surface area (Å²) in [6.45, 7) is 6.31. The lowest BCUT2D eigenvalue weighted by Gasteiger charge is -2.13. The van der Waals surface area contributed by atoms with Crippen molar-refractivity contribution in [1.82, 2.24) is 20.4 Å². The van der Waals surface area contributed by atoms with Crippen LogP contribution in [0.5, 0.6) is 0 Å². The number of ether oxygens (including phenoxy) is 7. The van der Waals surface area contributed by atoms with Gasteiger partial charge in [0.05, 0.1) is 92.5 Å². The molecule has 0 bridgehead atoms. The molecule has 47 heavy (non-hydrogen) atoms. The lowest BCUT2D eigenvalue weighted by molar-refractivity contribution is -0.139. The van der Waals surface area contributed by atoms with Gasteiger partial charge in [-0.05, 0) is 0 Å². The summed E-state index contributed by atoms with van der Waals surface area (Å²) in [6.07, 6.45) is 4.83. The van der Waals surface area contributed by atoms with Gasteiger partial charge in [0, 0.05) is 63.3 Å². The molecule has 0 radical (unpaired) electrons. The fourth-order valence-electron chi connectivity index (χ4n) is 3.85. The number of nitrogens with zero attached hydrogens (tertiary/aromatic N) is 2. The molecule has 0 atom stereocenters. The zero-order valence-electron chi connectivity index (χ0n) is 26.7. The summed E-state index contributed by atoms with van der Waals surface area (Å²) in [6, 6.07) is 0. The summed E-state index contributed by atoms with van der Waals surface area (Å²) >= 11 is 0. The van der Waals surface area contributed by atoms with Crippen LogP contribution in [0.4, 0.5) is 0 Å². The Morgan fingerprint density at radius 1 is 0.426 bits per heavy atom. The fourth-order valence-corrected chi connectivity index (χ4v) is 3.85. The van der Waals surface area contributed by atoms with Gasteiger partial charge in [0.2, 0.25) is 11.8 Å². The third-order valence-corrected chi connectivity index (χ3v) is 6.30. The maximum Gasteiger partial charge on any atom is 0.253 e. The Balaban J connectivity index is 1.19. The third-order valence-electron chi connectivity index (χ3n) is 6.30. The lowest BCUT2D eigenvalue weighted by Crippen LogP contribution is -2.35. The van der Waals surface area contributed by atoms with E-state index >= 15 is 0 Å². The monoisotopic (exact) mass is 670 g/mol. The molecule has 0 fully saturated rings. The van der Waals surface area contributed by atoms with E-state index in [0.29, 0.717) is 106 Å². The number of rotatable bonds is 30. The van der Waals surface area contributed by atoms with Crippen LogP contribution >= 0.6 is 0 Å². The summed E-state index contributed by atoms with van der Waals surface area (Å²) in [7, 11) is 0. The predicted molar refractivity (Wildman–Crippen MR) is 163 cm³/mol. The van der Waals surface area contributed by atoms with Crippen molar-refractivity contribution in [3.05, 3.63) is 24.3 Å². The summed E-state index contributed by atoms with van der Waals surface area (Å²) in [5, 5.41) is 5.33. The first-order chi connectivity index (χ1) is 22.9. The average Bonchev–Trinajstić information content (AvgIpc) is 3.56. The van der Waals surface area contributed by atoms with Crippen LogP contribution in [0.2, 0.25) is 0 Å². The zero-order chi connectivity index (χ0) is 34.0. The summed E-state index contributed by atoms with van der Waals surface area (Å²) in [4.78, 5) is 71.3. The molecule has 17 nitrogen and oxygen atoms in total.